The van der Waals surface area contributed by atoms with Gasteiger partial charge in [-0.15, -0.1) is 0 Å². The fraction of sp³-hybridized carbons (Fsp3) is 0.600. The number of nitrogens with one attached hydrogen (secondary N) is 1. The molecule has 1 aromatic carbocycles. The Bertz CT molecular complexity index is 714. The highest BCUT2D eigenvalue weighted by Gasteiger charge is 2.44. The van der Waals surface area contributed by atoms with E-state index in [2.05, 4.69) is 5.32 Å². The van der Waals surface area contributed by atoms with Crippen molar-refractivity contribution in [2.75, 3.05) is 24.7 Å². The number of hydrogen-bond acceptors (Lipinski definition) is 7. The van der Waals surface area contributed by atoms with E-state index >= 15 is 0 Å². The number of amides is 1. The first-order valence-electron chi connectivity index (χ1n) is 9.80. The van der Waals surface area contributed by atoms with Crippen LogP contribution in [0.5, 0.6) is 0 Å². The Balaban J connectivity index is 1.47. The molecule has 0 radical (unpaired) electrons. The first kappa shape index (κ1) is 22.0. The molecule has 3 aliphatic heterocycles. The molecule has 3 fully saturated rings. The number of carboxylic acids is 1. The number of aliphatic hydroxyl groups is 2. The second-order valence-electron chi connectivity index (χ2n) is 7.24. The smallest absolute Gasteiger partial charge is 0.336 e. The number of aromatic carboxylic acids is 1. The van der Waals surface area contributed by atoms with E-state index in [1.54, 1.807) is 23.9 Å². The lowest BCUT2D eigenvalue weighted by Gasteiger charge is -2.42. The lowest BCUT2D eigenvalue weighted by molar-refractivity contribution is -0.277. The minimum atomic E-state index is -1.14. The van der Waals surface area contributed by atoms with Gasteiger partial charge in [-0.2, -0.15) is 11.8 Å². The van der Waals surface area contributed by atoms with Crippen LogP contribution in [-0.4, -0.2) is 76.5 Å². The van der Waals surface area contributed by atoms with Gasteiger partial charge in [0.25, 0.3) is 5.91 Å². The summed E-state index contributed by atoms with van der Waals surface area (Å²) >= 11 is 1.57. The molecule has 4 N–H and O–H groups in total. The molecule has 3 saturated heterocycles. The van der Waals surface area contributed by atoms with Gasteiger partial charge in [0.1, 0.15) is 6.10 Å². The Kier molecular flexibility index (Phi) is 7.91. The van der Waals surface area contributed by atoms with Crippen molar-refractivity contribution >= 4 is 23.6 Å². The molecule has 3 aliphatic rings. The number of carbonyl (C=O) groups is 2. The number of carbonyl (C=O) groups excluding carboxylic acids is 1. The van der Waals surface area contributed by atoms with Crippen molar-refractivity contribution in [2.24, 2.45) is 5.92 Å². The highest BCUT2D eigenvalue weighted by molar-refractivity contribution is 7.99. The molecule has 0 aliphatic carbocycles. The zero-order valence-corrected chi connectivity index (χ0v) is 16.8. The molecule has 5 atom stereocenters. The third kappa shape index (κ3) is 5.49. The molecule has 1 amide bonds. The maximum atomic E-state index is 12.3. The fourth-order valence-electron chi connectivity index (χ4n) is 3.73. The van der Waals surface area contributed by atoms with Crippen molar-refractivity contribution < 1.29 is 34.4 Å². The monoisotopic (exact) mass is 425 g/mol. The van der Waals surface area contributed by atoms with Gasteiger partial charge in [-0.1, -0.05) is 18.6 Å². The molecule has 5 unspecified atom stereocenters. The molecular formula is C20H27NO7S. The number of fused-ring (bicyclic) bond motifs is 6. The summed E-state index contributed by atoms with van der Waals surface area (Å²) in [4.78, 5) is 23.5. The van der Waals surface area contributed by atoms with Gasteiger partial charge in [0.05, 0.1) is 23.3 Å². The molecule has 0 aromatic heterocycles. The molecule has 8 nitrogen and oxygen atoms in total. The summed E-state index contributed by atoms with van der Waals surface area (Å²) in [7, 11) is 0. The second-order valence-corrected chi connectivity index (χ2v) is 8.39. The van der Waals surface area contributed by atoms with Crippen LogP contribution < -0.4 is 5.32 Å². The third-order valence-corrected chi connectivity index (χ3v) is 6.34. The summed E-state index contributed by atoms with van der Waals surface area (Å²) in [5, 5.41) is 32.5. The number of hydrogen-bond donors (Lipinski definition) is 4. The molecule has 29 heavy (non-hydrogen) atoms. The molecule has 3 heterocycles. The molecule has 4 rings (SSSR count). The van der Waals surface area contributed by atoms with Crippen LogP contribution in [-0.2, 0) is 9.47 Å². The van der Waals surface area contributed by atoms with Crippen LogP contribution in [0, 0.1) is 5.92 Å². The molecule has 160 valence electrons. The number of aliphatic hydroxyl groups excluding tert-OH is 2. The molecule has 0 spiro atoms. The number of carboxylic acid groups (broad SMARTS) is 1. The molecular weight excluding hydrogens is 398 g/mol. The van der Waals surface area contributed by atoms with Crippen LogP contribution in [0.2, 0.25) is 0 Å². The van der Waals surface area contributed by atoms with Gasteiger partial charge >= 0.3 is 5.97 Å². The summed E-state index contributed by atoms with van der Waals surface area (Å²) in [5.41, 5.74) is 0.108. The first-order chi connectivity index (χ1) is 14.0. The highest BCUT2D eigenvalue weighted by atomic mass is 32.2. The number of ether oxygens (including phenoxy) is 2. The molecule has 1 aromatic rings. The van der Waals surface area contributed by atoms with Crippen LogP contribution >= 0.6 is 11.8 Å². The van der Waals surface area contributed by atoms with Crippen LogP contribution in [0.15, 0.2) is 24.3 Å². The van der Waals surface area contributed by atoms with E-state index in [1.165, 1.54) is 12.1 Å². The number of thioether (sulfide) groups is 1. The quantitative estimate of drug-likeness (QED) is 0.479. The fourth-order valence-corrected chi connectivity index (χ4v) is 4.70. The lowest BCUT2D eigenvalue weighted by atomic mass is 9.86. The average Bonchev–Trinajstić information content (AvgIpc) is 2.85. The van der Waals surface area contributed by atoms with E-state index in [4.69, 9.17) is 9.47 Å². The zero-order chi connectivity index (χ0) is 20.8. The SMILES string of the molecule is O=C(O)c1ccccc1C(=O)NCCSCC1OC2OCCCCC1C(O)C2O. The highest BCUT2D eigenvalue weighted by Crippen LogP contribution is 2.33. The van der Waals surface area contributed by atoms with Crippen LogP contribution in [0.3, 0.4) is 0 Å². The maximum Gasteiger partial charge on any atom is 0.336 e. The van der Waals surface area contributed by atoms with Crippen LogP contribution in [0.1, 0.15) is 40.0 Å². The molecule has 2 bridgehead atoms. The van der Waals surface area contributed by atoms with Gasteiger partial charge in [-0.25, -0.2) is 4.79 Å². The van der Waals surface area contributed by atoms with E-state index in [-0.39, 0.29) is 23.1 Å². The van der Waals surface area contributed by atoms with Crippen molar-refractivity contribution in [3.63, 3.8) is 0 Å². The van der Waals surface area contributed by atoms with Crippen molar-refractivity contribution in [3.05, 3.63) is 35.4 Å². The van der Waals surface area contributed by atoms with Gasteiger partial charge in [0.15, 0.2) is 6.29 Å². The Morgan fingerprint density at radius 1 is 1.14 bits per heavy atom. The molecule has 9 heteroatoms. The van der Waals surface area contributed by atoms with E-state index in [0.29, 0.717) is 24.7 Å². The van der Waals surface area contributed by atoms with Gasteiger partial charge < -0.3 is 30.1 Å². The predicted molar refractivity (Wildman–Crippen MR) is 107 cm³/mol. The Labute approximate surface area is 173 Å². The number of benzene rings is 1. The summed E-state index contributed by atoms with van der Waals surface area (Å²) in [5.74, 6) is -0.491. The summed E-state index contributed by atoms with van der Waals surface area (Å²) in [6.45, 7) is 0.880. The normalized spacial score (nSPS) is 29.5. The minimum Gasteiger partial charge on any atom is -0.478 e. The van der Waals surface area contributed by atoms with Crippen LogP contribution in [0.4, 0.5) is 0 Å². The van der Waals surface area contributed by atoms with E-state index in [0.717, 1.165) is 19.3 Å². The maximum absolute atomic E-state index is 12.3. The van der Waals surface area contributed by atoms with Gasteiger partial charge in [-0.3, -0.25) is 4.79 Å². The Morgan fingerprint density at radius 2 is 1.90 bits per heavy atom. The van der Waals surface area contributed by atoms with Gasteiger partial charge in [0, 0.05) is 30.6 Å². The van der Waals surface area contributed by atoms with E-state index < -0.39 is 30.4 Å². The zero-order valence-electron chi connectivity index (χ0n) is 16.0. The van der Waals surface area contributed by atoms with Crippen molar-refractivity contribution in [2.45, 2.75) is 43.9 Å². The largest absolute Gasteiger partial charge is 0.478 e. The lowest BCUT2D eigenvalue weighted by Crippen LogP contribution is -2.55. The standard InChI is InChI=1S/C20H27NO7S/c22-16-14-7-3-4-9-27-20(17(16)23)28-15(14)11-29-10-8-21-18(24)12-5-1-2-6-13(12)19(25)26/h1-2,5-6,14-17,20,22-23H,3-4,7-11H2,(H,21,24)(H,25,26). The Morgan fingerprint density at radius 3 is 2.66 bits per heavy atom. The van der Waals surface area contributed by atoms with Crippen molar-refractivity contribution in [3.8, 4) is 0 Å². The van der Waals surface area contributed by atoms with Crippen molar-refractivity contribution in [1.82, 2.24) is 5.32 Å². The summed E-state index contributed by atoms with van der Waals surface area (Å²) < 4.78 is 11.4. The summed E-state index contributed by atoms with van der Waals surface area (Å²) in [6, 6.07) is 6.09. The topological polar surface area (TPSA) is 125 Å². The molecule has 0 saturated carbocycles. The third-order valence-electron chi connectivity index (χ3n) is 5.28. The summed E-state index contributed by atoms with van der Waals surface area (Å²) in [6.07, 6.45) is -0.397. The van der Waals surface area contributed by atoms with Gasteiger partial charge in [0.2, 0.25) is 0 Å². The Hall–Kier alpha value is -1.65. The second kappa shape index (κ2) is 10.4. The van der Waals surface area contributed by atoms with Crippen molar-refractivity contribution in [1.29, 1.82) is 0 Å². The minimum absolute atomic E-state index is 0.0276. The predicted octanol–water partition coefficient (Wildman–Crippen LogP) is 1.11. The average molecular weight is 426 g/mol. The number of rotatable bonds is 7. The van der Waals surface area contributed by atoms with E-state index in [1.807, 2.05) is 0 Å². The van der Waals surface area contributed by atoms with Crippen LogP contribution in [0.25, 0.3) is 0 Å². The van der Waals surface area contributed by atoms with E-state index in [9.17, 15) is 24.9 Å². The first-order valence-corrected chi connectivity index (χ1v) is 11.0. The van der Waals surface area contributed by atoms with Gasteiger partial charge in [-0.05, 0) is 25.0 Å².